The van der Waals surface area contributed by atoms with Gasteiger partial charge in [-0.05, 0) is 54.8 Å². The first kappa shape index (κ1) is 27.2. The molecule has 3 rings (SSSR count). The molecule has 1 heterocycles. The van der Waals surface area contributed by atoms with Gasteiger partial charge in [0, 0.05) is 43.5 Å². The zero-order valence-electron chi connectivity index (χ0n) is 20.0. The van der Waals surface area contributed by atoms with Crippen LogP contribution in [0.15, 0.2) is 42.5 Å². The summed E-state index contributed by atoms with van der Waals surface area (Å²) >= 11 is 0. The maximum Gasteiger partial charge on any atom is 0.305 e. The first-order valence-electron chi connectivity index (χ1n) is 11.6. The standard InChI is InChI=1S/C24H32N4O7S/c1-36(34,35)27-20-14-17(4-7-21(20)29)22(30)15-26-18-9-12-28(13-10-18)19-5-2-16(3-6-19)24(33)25-11-8-23(31)32/h2-7,14,18,22,26-27,29-30H,8-13,15H2,1H3,(H,25,33)(H,31,32)/t22-/m0/s1. The number of aliphatic hydroxyl groups is 1. The average Bonchev–Trinajstić information content (AvgIpc) is 2.83. The molecule has 11 nitrogen and oxygen atoms in total. The molecule has 2 aromatic rings. The molecule has 0 unspecified atom stereocenters. The van der Waals surface area contributed by atoms with Gasteiger partial charge in [-0.15, -0.1) is 0 Å². The zero-order valence-corrected chi connectivity index (χ0v) is 20.8. The Kier molecular flexibility index (Phi) is 9.13. The molecule has 2 aromatic carbocycles. The quantitative estimate of drug-likeness (QED) is 0.239. The van der Waals surface area contributed by atoms with Crippen molar-refractivity contribution in [3.8, 4) is 5.75 Å². The molecule has 1 amide bonds. The first-order valence-corrected chi connectivity index (χ1v) is 13.5. The number of carbonyl (C=O) groups is 2. The number of rotatable bonds is 11. The Morgan fingerprint density at radius 1 is 1.11 bits per heavy atom. The Hall–Kier alpha value is -3.35. The van der Waals surface area contributed by atoms with E-state index in [1.54, 1.807) is 18.2 Å². The van der Waals surface area contributed by atoms with Gasteiger partial charge >= 0.3 is 5.97 Å². The van der Waals surface area contributed by atoms with Gasteiger partial charge in [-0.3, -0.25) is 14.3 Å². The highest BCUT2D eigenvalue weighted by Gasteiger charge is 2.21. The van der Waals surface area contributed by atoms with Gasteiger partial charge in [-0.25, -0.2) is 8.42 Å². The van der Waals surface area contributed by atoms with Crippen LogP contribution in [0.2, 0.25) is 0 Å². The number of carbonyl (C=O) groups excluding carboxylic acids is 1. The van der Waals surface area contributed by atoms with Gasteiger partial charge in [-0.2, -0.15) is 0 Å². The Labute approximate surface area is 210 Å². The van der Waals surface area contributed by atoms with Crippen LogP contribution in [-0.2, 0) is 14.8 Å². The van der Waals surface area contributed by atoms with Gasteiger partial charge in [0.05, 0.1) is 24.5 Å². The maximum absolute atomic E-state index is 12.1. The number of amides is 1. The highest BCUT2D eigenvalue weighted by atomic mass is 32.2. The molecule has 1 saturated heterocycles. The van der Waals surface area contributed by atoms with Crippen molar-refractivity contribution >= 4 is 33.3 Å². The van der Waals surface area contributed by atoms with Crippen molar-refractivity contribution in [3.63, 3.8) is 0 Å². The molecule has 12 heteroatoms. The number of carboxylic acids is 1. The highest BCUT2D eigenvalue weighted by Crippen LogP contribution is 2.28. The van der Waals surface area contributed by atoms with Crippen molar-refractivity contribution < 1.29 is 33.3 Å². The fourth-order valence-corrected chi connectivity index (χ4v) is 4.55. The van der Waals surface area contributed by atoms with Crippen LogP contribution in [0.1, 0.15) is 41.3 Å². The lowest BCUT2D eigenvalue weighted by atomic mass is 10.0. The van der Waals surface area contributed by atoms with Crippen LogP contribution in [0, 0.1) is 0 Å². The van der Waals surface area contributed by atoms with Gasteiger partial charge in [0.25, 0.3) is 5.91 Å². The minimum atomic E-state index is -3.56. The third-order valence-corrected chi connectivity index (χ3v) is 6.51. The SMILES string of the molecule is CS(=O)(=O)Nc1cc([C@@H](O)CNC2CCN(c3ccc(C(=O)NCCC(=O)O)cc3)CC2)ccc1O. The largest absolute Gasteiger partial charge is 0.506 e. The van der Waals surface area contributed by atoms with Gasteiger partial charge in [0.2, 0.25) is 10.0 Å². The number of carboxylic acid groups (broad SMARTS) is 1. The van der Waals surface area contributed by atoms with Crippen molar-refractivity contribution in [1.29, 1.82) is 0 Å². The van der Waals surface area contributed by atoms with E-state index in [1.807, 2.05) is 12.1 Å². The molecule has 0 bridgehead atoms. The smallest absolute Gasteiger partial charge is 0.305 e. The van der Waals surface area contributed by atoms with Crippen LogP contribution in [0.25, 0.3) is 0 Å². The second-order valence-corrected chi connectivity index (χ2v) is 10.5. The molecule has 1 aliphatic heterocycles. The summed E-state index contributed by atoms with van der Waals surface area (Å²) in [6.45, 7) is 1.94. The molecule has 0 aliphatic carbocycles. The summed E-state index contributed by atoms with van der Waals surface area (Å²) in [6.07, 6.45) is 1.68. The number of benzene rings is 2. The van der Waals surface area contributed by atoms with Crippen LogP contribution in [0.3, 0.4) is 0 Å². The van der Waals surface area contributed by atoms with Crippen LogP contribution in [-0.4, -0.2) is 74.1 Å². The second-order valence-electron chi connectivity index (χ2n) is 8.78. The predicted octanol–water partition coefficient (Wildman–Crippen LogP) is 1.26. The summed E-state index contributed by atoms with van der Waals surface area (Å²) in [5.41, 5.74) is 1.96. The molecule has 1 aliphatic rings. The number of phenols is 1. The molecular formula is C24H32N4O7S. The fourth-order valence-electron chi connectivity index (χ4n) is 3.99. The van der Waals surface area contributed by atoms with Crippen LogP contribution in [0.4, 0.5) is 11.4 Å². The molecule has 0 radical (unpaired) electrons. The van der Waals surface area contributed by atoms with E-state index in [-0.39, 0.29) is 42.9 Å². The van der Waals surface area contributed by atoms with E-state index < -0.39 is 22.1 Å². The molecule has 0 aromatic heterocycles. The number of nitrogens with zero attached hydrogens (tertiary/aromatic N) is 1. The topological polar surface area (TPSA) is 168 Å². The number of anilines is 2. The van der Waals surface area contributed by atoms with E-state index in [2.05, 4.69) is 20.3 Å². The summed E-state index contributed by atoms with van der Waals surface area (Å²) in [5, 5.41) is 35.0. The first-order chi connectivity index (χ1) is 17.0. The molecule has 1 fully saturated rings. The second kappa shape index (κ2) is 12.1. The molecule has 196 valence electrons. The van der Waals surface area contributed by atoms with E-state index in [9.17, 15) is 28.2 Å². The van der Waals surface area contributed by atoms with Crippen LogP contribution < -0.4 is 20.3 Å². The van der Waals surface area contributed by atoms with Gasteiger partial charge in [-0.1, -0.05) is 6.07 Å². The van der Waals surface area contributed by atoms with Crippen molar-refractivity contribution in [1.82, 2.24) is 10.6 Å². The van der Waals surface area contributed by atoms with Crippen molar-refractivity contribution in [2.75, 3.05) is 42.1 Å². The third kappa shape index (κ3) is 8.11. The summed E-state index contributed by atoms with van der Waals surface area (Å²) < 4.78 is 25.2. The predicted molar refractivity (Wildman–Crippen MR) is 136 cm³/mol. The number of sulfonamides is 1. The molecule has 1 atom stereocenters. The van der Waals surface area contributed by atoms with Crippen molar-refractivity contribution in [2.45, 2.75) is 31.4 Å². The van der Waals surface area contributed by atoms with E-state index >= 15 is 0 Å². The summed E-state index contributed by atoms with van der Waals surface area (Å²) in [6, 6.07) is 11.7. The number of aliphatic carboxylic acids is 1. The fraction of sp³-hybridized carbons (Fsp3) is 0.417. The monoisotopic (exact) mass is 520 g/mol. The summed E-state index contributed by atoms with van der Waals surface area (Å²) in [7, 11) is -3.56. The molecule has 6 N–H and O–H groups in total. The van der Waals surface area contributed by atoms with E-state index in [0.717, 1.165) is 37.9 Å². The lowest BCUT2D eigenvalue weighted by Crippen LogP contribution is -2.43. The van der Waals surface area contributed by atoms with Crippen LogP contribution in [0.5, 0.6) is 5.75 Å². The lowest BCUT2D eigenvalue weighted by molar-refractivity contribution is -0.136. The number of nitrogens with one attached hydrogen (secondary N) is 3. The maximum atomic E-state index is 12.1. The van der Waals surface area contributed by atoms with Crippen molar-refractivity contribution in [2.24, 2.45) is 0 Å². The van der Waals surface area contributed by atoms with Gasteiger partial charge in [0.15, 0.2) is 0 Å². The number of hydrogen-bond acceptors (Lipinski definition) is 8. The number of phenolic OH excluding ortho intramolecular Hbond substituents is 1. The number of piperidine rings is 1. The molecule has 0 saturated carbocycles. The average molecular weight is 521 g/mol. The zero-order chi connectivity index (χ0) is 26.3. The van der Waals surface area contributed by atoms with Gasteiger partial charge in [0.1, 0.15) is 5.75 Å². The Bertz CT molecular complexity index is 1160. The van der Waals surface area contributed by atoms with E-state index in [0.29, 0.717) is 11.1 Å². The Morgan fingerprint density at radius 2 is 1.78 bits per heavy atom. The number of hydrogen-bond donors (Lipinski definition) is 6. The third-order valence-electron chi connectivity index (χ3n) is 5.91. The number of aromatic hydroxyl groups is 1. The van der Waals surface area contributed by atoms with E-state index in [4.69, 9.17) is 5.11 Å². The Balaban J connectivity index is 1.46. The Morgan fingerprint density at radius 3 is 2.39 bits per heavy atom. The van der Waals surface area contributed by atoms with Crippen LogP contribution >= 0.6 is 0 Å². The molecule has 0 spiro atoms. The van der Waals surface area contributed by atoms with E-state index in [1.165, 1.54) is 12.1 Å². The molecular weight excluding hydrogens is 488 g/mol. The normalized spacial score (nSPS) is 15.3. The van der Waals surface area contributed by atoms with Crippen molar-refractivity contribution in [3.05, 3.63) is 53.6 Å². The van der Waals surface area contributed by atoms with Gasteiger partial charge < -0.3 is 30.9 Å². The number of aliphatic hydroxyl groups excluding tert-OH is 1. The minimum absolute atomic E-state index is 0.0196. The minimum Gasteiger partial charge on any atom is -0.506 e. The highest BCUT2D eigenvalue weighted by molar-refractivity contribution is 7.92. The lowest BCUT2D eigenvalue weighted by Gasteiger charge is -2.34. The molecule has 36 heavy (non-hydrogen) atoms. The summed E-state index contributed by atoms with van der Waals surface area (Å²) in [5.74, 6) is -1.49. The summed E-state index contributed by atoms with van der Waals surface area (Å²) in [4.78, 5) is 24.9.